The first-order valence-corrected chi connectivity index (χ1v) is 6.51. The zero-order valence-electron chi connectivity index (χ0n) is 11.8. The largest absolute Gasteiger partial charge is 0.462 e. The van der Waals surface area contributed by atoms with Crippen LogP contribution in [-0.4, -0.2) is 17.1 Å². The highest BCUT2D eigenvalue weighted by Gasteiger charge is 2.11. The summed E-state index contributed by atoms with van der Waals surface area (Å²) < 4.78 is 6.46. The van der Waals surface area contributed by atoms with E-state index in [1.165, 1.54) is 22.9 Å². The van der Waals surface area contributed by atoms with Crippen LogP contribution in [0.5, 0.6) is 0 Å². The number of ether oxygens (including phenoxy) is 1. The van der Waals surface area contributed by atoms with Gasteiger partial charge in [-0.1, -0.05) is 18.2 Å². The van der Waals surface area contributed by atoms with E-state index in [0.717, 1.165) is 16.8 Å². The van der Waals surface area contributed by atoms with Gasteiger partial charge in [-0.3, -0.25) is 9.36 Å². The van der Waals surface area contributed by atoms with Crippen LogP contribution >= 0.6 is 0 Å². The van der Waals surface area contributed by atoms with Gasteiger partial charge in [-0.2, -0.15) is 0 Å². The molecule has 0 amide bonds. The first kappa shape index (κ1) is 14.1. The fourth-order valence-electron chi connectivity index (χ4n) is 2.18. The zero-order chi connectivity index (χ0) is 14.7. The summed E-state index contributed by atoms with van der Waals surface area (Å²) >= 11 is 0. The molecule has 0 atom stereocenters. The van der Waals surface area contributed by atoms with E-state index in [9.17, 15) is 9.59 Å². The number of rotatable bonds is 3. The summed E-state index contributed by atoms with van der Waals surface area (Å²) in [6.45, 7) is 5.93. The Labute approximate surface area is 117 Å². The Morgan fingerprint density at radius 1 is 1.15 bits per heavy atom. The molecule has 0 unspecified atom stereocenters. The summed E-state index contributed by atoms with van der Waals surface area (Å²) in [6, 6.07) is 8.69. The molecule has 0 bridgehead atoms. The molecule has 4 nitrogen and oxygen atoms in total. The van der Waals surface area contributed by atoms with Gasteiger partial charge in [0, 0.05) is 12.3 Å². The van der Waals surface area contributed by atoms with E-state index < -0.39 is 5.97 Å². The Hall–Kier alpha value is -2.36. The Kier molecular flexibility index (Phi) is 4.03. The topological polar surface area (TPSA) is 48.3 Å². The second-order valence-electron chi connectivity index (χ2n) is 4.59. The molecule has 2 rings (SSSR count). The molecule has 1 aromatic heterocycles. The molecule has 0 aliphatic rings. The number of para-hydroxylation sites is 1. The maximum absolute atomic E-state index is 12.1. The highest BCUT2D eigenvalue weighted by Crippen LogP contribution is 2.17. The Morgan fingerprint density at radius 3 is 2.40 bits per heavy atom. The second kappa shape index (κ2) is 5.74. The van der Waals surface area contributed by atoms with Crippen molar-refractivity contribution < 1.29 is 9.53 Å². The number of carbonyl (C=O) groups excluding carboxylic acids is 1. The number of esters is 1. The highest BCUT2D eigenvalue weighted by atomic mass is 16.5. The van der Waals surface area contributed by atoms with E-state index in [4.69, 9.17) is 4.74 Å². The molecule has 1 heterocycles. The van der Waals surface area contributed by atoms with Crippen LogP contribution in [0.2, 0.25) is 0 Å². The summed E-state index contributed by atoms with van der Waals surface area (Å²) in [6.07, 6.45) is 1.54. The molecule has 0 saturated carbocycles. The molecule has 0 aliphatic carbocycles. The Bertz CT molecular complexity index is 681. The average Bonchev–Trinajstić information content (AvgIpc) is 2.40. The lowest BCUT2D eigenvalue weighted by Gasteiger charge is -2.13. The number of hydrogen-bond donors (Lipinski definition) is 0. The van der Waals surface area contributed by atoms with Crippen molar-refractivity contribution >= 4 is 5.97 Å². The van der Waals surface area contributed by atoms with Crippen molar-refractivity contribution in [2.75, 3.05) is 6.61 Å². The first-order valence-electron chi connectivity index (χ1n) is 6.51. The van der Waals surface area contributed by atoms with Gasteiger partial charge in [-0.15, -0.1) is 0 Å². The van der Waals surface area contributed by atoms with Crippen molar-refractivity contribution in [3.8, 4) is 5.69 Å². The maximum atomic E-state index is 12.1. The molecule has 0 spiro atoms. The summed E-state index contributed by atoms with van der Waals surface area (Å²) in [5.74, 6) is -0.424. The third kappa shape index (κ3) is 2.64. The second-order valence-corrected chi connectivity index (χ2v) is 4.59. The molecule has 20 heavy (non-hydrogen) atoms. The average molecular weight is 271 g/mol. The quantitative estimate of drug-likeness (QED) is 0.806. The van der Waals surface area contributed by atoms with Crippen molar-refractivity contribution in [1.29, 1.82) is 0 Å². The normalized spacial score (nSPS) is 10.3. The van der Waals surface area contributed by atoms with Crippen LogP contribution in [0.4, 0.5) is 0 Å². The zero-order valence-corrected chi connectivity index (χ0v) is 11.8. The van der Waals surface area contributed by atoms with Gasteiger partial charge in [0.25, 0.3) is 5.56 Å². The van der Waals surface area contributed by atoms with E-state index in [0.29, 0.717) is 12.2 Å². The number of nitrogens with zero attached hydrogens (tertiary/aromatic N) is 1. The molecule has 0 saturated heterocycles. The van der Waals surface area contributed by atoms with Crippen LogP contribution in [0.1, 0.15) is 28.4 Å². The number of carbonyl (C=O) groups is 1. The predicted octanol–water partition coefficient (Wildman–Crippen LogP) is 2.63. The van der Waals surface area contributed by atoms with Gasteiger partial charge in [0.15, 0.2) is 0 Å². The van der Waals surface area contributed by atoms with Gasteiger partial charge in [0.05, 0.1) is 17.9 Å². The van der Waals surface area contributed by atoms with Gasteiger partial charge in [0.2, 0.25) is 0 Å². The standard InChI is InChI=1S/C16H17NO3/c1-4-20-16(19)13-8-9-14(18)17(10-13)15-11(2)6-5-7-12(15)3/h5-10H,4H2,1-3H3. The summed E-state index contributed by atoms with van der Waals surface area (Å²) in [5.41, 5.74) is 2.97. The smallest absolute Gasteiger partial charge is 0.339 e. The Balaban J connectivity index is 2.60. The number of pyridine rings is 1. The minimum Gasteiger partial charge on any atom is -0.462 e. The molecule has 0 N–H and O–H groups in total. The Morgan fingerprint density at radius 2 is 1.80 bits per heavy atom. The lowest BCUT2D eigenvalue weighted by molar-refractivity contribution is 0.0525. The molecule has 104 valence electrons. The fraction of sp³-hybridized carbons (Fsp3) is 0.250. The van der Waals surface area contributed by atoms with Gasteiger partial charge >= 0.3 is 5.97 Å². The van der Waals surface area contributed by atoms with Crippen molar-refractivity contribution in [3.63, 3.8) is 0 Å². The fourth-order valence-corrected chi connectivity index (χ4v) is 2.18. The van der Waals surface area contributed by atoms with Gasteiger partial charge in [-0.05, 0) is 38.0 Å². The predicted molar refractivity (Wildman–Crippen MR) is 77.5 cm³/mol. The lowest BCUT2D eigenvalue weighted by Crippen LogP contribution is -2.20. The first-order chi connectivity index (χ1) is 9.54. The van der Waals surface area contributed by atoms with Gasteiger partial charge in [-0.25, -0.2) is 4.79 Å². The minimum absolute atomic E-state index is 0.171. The molecule has 4 heteroatoms. The van der Waals surface area contributed by atoms with Crippen LogP contribution in [-0.2, 0) is 4.74 Å². The van der Waals surface area contributed by atoms with Gasteiger partial charge in [0.1, 0.15) is 0 Å². The highest BCUT2D eigenvalue weighted by molar-refractivity contribution is 5.89. The third-order valence-electron chi connectivity index (χ3n) is 3.10. The van der Waals surface area contributed by atoms with Crippen LogP contribution in [0, 0.1) is 13.8 Å². The number of benzene rings is 1. The van der Waals surface area contributed by atoms with Crippen molar-refractivity contribution in [3.05, 3.63) is 63.6 Å². The summed E-state index contributed by atoms with van der Waals surface area (Å²) in [5, 5.41) is 0. The molecular formula is C16H17NO3. The lowest BCUT2D eigenvalue weighted by atomic mass is 10.1. The third-order valence-corrected chi connectivity index (χ3v) is 3.10. The summed E-state index contributed by atoms with van der Waals surface area (Å²) in [7, 11) is 0. The van der Waals surface area contributed by atoms with Gasteiger partial charge < -0.3 is 4.74 Å². The van der Waals surface area contributed by atoms with Crippen LogP contribution in [0.3, 0.4) is 0 Å². The molecule has 0 radical (unpaired) electrons. The molecule has 2 aromatic rings. The van der Waals surface area contributed by atoms with E-state index in [-0.39, 0.29) is 5.56 Å². The van der Waals surface area contributed by atoms with Crippen LogP contribution in [0.25, 0.3) is 5.69 Å². The van der Waals surface area contributed by atoms with E-state index in [1.807, 2.05) is 32.0 Å². The molecular weight excluding hydrogens is 254 g/mol. The van der Waals surface area contributed by atoms with E-state index >= 15 is 0 Å². The SMILES string of the molecule is CCOC(=O)c1ccc(=O)n(-c2c(C)cccc2C)c1. The molecule has 0 fully saturated rings. The molecule has 1 aromatic carbocycles. The van der Waals surface area contributed by atoms with E-state index in [1.54, 1.807) is 6.92 Å². The molecule has 0 aliphatic heterocycles. The monoisotopic (exact) mass is 271 g/mol. The van der Waals surface area contributed by atoms with Crippen molar-refractivity contribution in [2.45, 2.75) is 20.8 Å². The van der Waals surface area contributed by atoms with E-state index in [2.05, 4.69) is 0 Å². The van der Waals surface area contributed by atoms with Crippen molar-refractivity contribution in [2.24, 2.45) is 0 Å². The van der Waals surface area contributed by atoms with Crippen molar-refractivity contribution in [1.82, 2.24) is 4.57 Å². The number of hydrogen-bond acceptors (Lipinski definition) is 3. The maximum Gasteiger partial charge on any atom is 0.339 e. The number of aromatic nitrogens is 1. The minimum atomic E-state index is -0.424. The van der Waals surface area contributed by atoms with Crippen LogP contribution < -0.4 is 5.56 Å². The van der Waals surface area contributed by atoms with Crippen LogP contribution in [0.15, 0.2) is 41.3 Å². The summed E-state index contributed by atoms with van der Waals surface area (Å²) in [4.78, 5) is 23.8. The number of aryl methyl sites for hydroxylation is 2.